The first-order chi connectivity index (χ1) is 11.2. The van der Waals surface area contributed by atoms with Crippen molar-refractivity contribution in [1.82, 2.24) is 4.98 Å². The molecule has 0 N–H and O–H groups in total. The molecule has 0 saturated heterocycles. The Labute approximate surface area is 147 Å². The number of ether oxygens (including phenoxy) is 1. The Morgan fingerprint density at radius 1 is 1.17 bits per heavy atom. The number of carbonyl (C=O) groups is 1. The van der Waals surface area contributed by atoms with Crippen LogP contribution in [0.2, 0.25) is 5.02 Å². The lowest BCUT2D eigenvalue weighted by Gasteiger charge is -2.04. The minimum atomic E-state index is -0.217. The normalized spacial score (nSPS) is 10.8. The number of thioether (sulfide) groups is 1. The summed E-state index contributed by atoms with van der Waals surface area (Å²) >= 11 is 9.00. The maximum Gasteiger partial charge on any atom is 0.316 e. The highest BCUT2D eigenvalue weighted by Gasteiger charge is 2.07. The Balaban J connectivity index is 1.43. The molecule has 2 aromatic carbocycles. The van der Waals surface area contributed by atoms with Gasteiger partial charge in [0, 0.05) is 10.8 Å². The van der Waals surface area contributed by atoms with Crippen molar-refractivity contribution in [3.8, 4) is 0 Å². The number of fused-ring (bicyclic) bond motifs is 1. The van der Waals surface area contributed by atoms with Crippen molar-refractivity contribution < 1.29 is 9.53 Å². The summed E-state index contributed by atoms with van der Waals surface area (Å²) in [6, 6.07) is 15.3. The Morgan fingerprint density at radius 2 is 1.96 bits per heavy atom. The minimum absolute atomic E-state index is 0.217. The van der Waals surface area contributed by atoms with Crippen molar-refractivity contribution in [2.75, 3.05) is 5.75 Å². The number of hydrogen-bond acceptors (Lipinski definition) is 5. The van der Waals surface area contributed by atoms with Crippen molar-refractivity contribution >= 4 is 50.9 Å². The van der Waals surface area contributed by atoms with Gasteiger partial charge in [0.2, 0.25) is 0 Å². The highest BCUT2D eigenvalue weighted by molar-refractivity contribution is 7.99. The molecule has 1 aromatic heterocycles. The topological polar surface area (TPSA) is 39.2 Å². The molecule has 0 aliphatic rings. The van der Waals surface area contributed by atoms with E-state index in [4.69, 9.17) is 16.3 Å². The van der Waals surface area contributed by atoms with Gasteiger partial charge >= 0.3 is 5.97 Å². The van der Waals surface area contributed by atoms with E-state index in [1.165, 1.54) is 16.5 Å². The van der Waals surface area contributed by atoms with E-state index in [0.29, 0.717) is 10.8 Å². The molecule has 0 unspecified atom stereocenters. The summed E-state index contributed by atoms with van der Waals surface area (Å²) in [4.78, 5) is 16.3. The van der Waals surface area contributed by atoms with Crippen LogP contribution in [0.4, 0.5) is 0 Å². The van der Waals surface area contributed by atoms with E-state index >= 15 is 0 Å². The summed E-state index contributed by atoms with van der Waals surface area (Å²) in [6.45, 7) is 0.275. The third-order valence-electron chi connectivity index (χ3n) is 3.10. The quantitative estimate of drug-likeness (QED) is 0.582. The summed E-state index contributed by atoms with van der Waals surface area (Å²) in [6.07, 6.45) is 0. The van der Waals surface area contributed by atoms with Crippen LogP contribution in [0.15, 0.2) is 48.5 Å². The molecule has 6 heteroatoms. The molecule has 23 heavy (non-hydrogen) atoms. The SMILES string of the molecule is O=C(CSCc1nc2ccccc2s1)OCc1ccc(Cl)cc1. The monoisotopic (exact) mass is 363 g/mol. The van der Waals surface area contributed by atoms with E-state index in [-0.39, 0.29) is 12.6 Å². The van der Waals surface area contributed by atoms with Gasteiger partial charge in [-0.15, -0.1) is 23.1 Å². The van der Waals surface area contributed by atoms with E-state index < -0.39 is 0 Å². The molecule has 0 spiro atoms. The molecule has 3 rings (SSSR count). The molecule has 0 saturated carbocycles. The molecule has 3 nitrogen and oxygen atoms in total. The number of halogens is 1. The number of carbonyl (C=O) groups excluding carboxylic acids is 1. The lowest BCUT2D eigenvalue weighted by molar-refractivity contribution is -0.141. The number of thiazole rings is 1. The van der Waals surface area contributed by atoms with E-state index in [2.05, 4.69) is 11.1 Å². The third-order valence-corrected chi connectivity index (χ3v) is 5.49. The van der Waals surface area contributed by atoms with Gasteiger partial charge in [-0.05, 0) is 29.8 Å². The molecule has 0 atom stereocenters. The first-order valence-corrected chi connectivity index (χ1v) is 9.38. The summed E-state index contributed by atoms with van der Waals surface area (Å²) in [5.41, 5.74) is 1.94. The van der Waals surface area contributed by atoms with Gasteiger partial charge in [-0.25, -0.2) is 4.98 Å². The molecular formula is C17H14ClNO2S2. The predicted octanol–water partition coefficient (Wildman–Crippen LogP) is 4.93. The summed E-state index contributed by atoms with van der Waals surface area (Å²) in [5, 5.41) is 1.70. The number of nitrogens with zero attached hydrogens (tertiary/aromatic N) is 1. The van der Waals surface area contributed by atoms with E-state index in [0.717, 1.165) is 21.8 Å². The van der Waals surface area contributed by atoms with Crippen molar-refractivity contribution in [2.24, 2.45) is 0 Å². The van der Waals surface area contributed by atoms with Gasteiger partial charge in [-0.3, -0.25) is 4.79 Å². The number of hydrogen-bond donors (Lipinski definition) is 0. The van der Waals surface area contributed by atoms with Crippen LogP contribution < -0.4 is 0 Å². The lowest BCUT2D eigenvalue weighted by Crippen LogP contribution is -2.07. The van der Waals surface area contributed by atoms with Gasteiger partial charge in [0.05, 0.1) is 16.0 Å². The van der Waals surface area contributed by atoms with Crippen LogP contribution in [0.5, 0.6) is 0 Å². The number of para-hydroxylation sites is 1. The molecular weight excluding hydrogens is 350 g/mol. The predicted molar refractivity (Wildman–Crippen MR) is 97.0 cm³/mol. The number of aromatic nitrogens is 1. The first kappa shape index (κ1) is 16.3. The zero-order valence-electron chi connectivity index (χ0n) is 12.2. The Hall–Kier alpha value is -1.56. The molecule has 0 amide bonds. The Bertz CT molecular complexity index is 769. The zero-order valence-corrected chi connectivity index (χ0v) is 14.6. The van der Waals surface area contributed by atoms with E-state index in [9.17, 15) is 4.79 Å². The second-order valence-electron chi connectivity index (χ2n) is 4.86. The van der Waals surface area contributed by atoms with Crippen molar-refractivity contribution in [3.63, 3.8) is 0 Å². The second kappa shape index (κ2) is 7.81. The van der Waals surface area contributed by atoms with Crippen molar-refractivity contribution in [3.05, 3.63) is 64.1 Å². The van der Waals surface area contributed by atoms with Crippen LogP contribution in [0.25, 0.3) is 10.2 Å². The molecule has 3 aromatic rings. The largest absolute Gasteiger partial charge is 0.460 e. The van der Waals surface area contributed by atoms with Gasteiger partial charge in [-0.1, -0.05) is 35.9 Å². The smallest absolute Gasteiger partial charge is 0.316 e. The molecule has 118 valence electrons. The highest BCUT2D eigenvalue weighted by Crippen LogP contribution is 2.24. The van der Waals surface area contributed by atoms with Crippen LogP contribution in [0, 0.1) is 0 Å². The fraction of sp³-hybridized carbons (Fsp3) is 0.176. The molecule has 0 radical (unpaired) electrons. The van der Waals surface area contributed by atoms with Gasteiger partial charge in [0.15, 0.2) is 0 Å². The van der Waals surface area contributed by atoms with E-state index in [1.54, 1.807) is 23.5 Å². The number of esters is 1. The standard InChI is InChI=1S/C17H14ClNO2S2/c18-13-7-5-12(6-8-13)9-21-17(20)11-22-10-16-19-14-3-1-2-4-15(14)23-16/h1-8H,9-11H2. The number of benzene rings is 2. The molecule has 0 aliphatic heterocycles. The average Bonchev–Trinajstić information content (AvgIpc) is 2.97. The molecule has 0 bridgehead atoms. The third kappa shape index (κ3) is 4.70. The zero-order chi connectivity index (χ0) is 16.1. The summed E-state index contributed by atoms with van der Waals surface area (Å²) < 4.78 is 6.42. The summed E-state index contributed by atoms with van der Waals surface area (Å²) in [5.74, 6) is 0.824. The number of rotatable bonds is 6. The highest BCUT2D eigenvalue weighted by atomic mass is 35.5. The van der Waals surface area contributed by atoms with Crippen molar-refractivity contribution in [2.45, 2.75) is 12.4 Å². The van der Waals surface area contributed by atoms with Gasteiger partial charge < -0.3 is 4.74 Å². The minimum Gasteiger partial charge on any atom is -0.460 e. The maximum absolute atomic E-state index is 11.8. The molecule has 0 aliphatic carbocycles. The Kier molecular flexibility index (Phi) is 5.54. The van der Waals surface area contributed by atoms with Crippen molar-refractivity contribution in [1.29, 1.82) is 0 Å². The average molecular weight is 364 g/mol. The fourth-order valence-corrected chi connectivity index (χ4v) is 3.96. The molecule has 0 fully saturated rings. The van der Waals surface area contributed by atoms with Crippen LogP contribution in [-0.4, -0.2) is 16.7 Å². The van der Waals surface area contributed by atoms with Crippen LogP contribution in [-0.2, 0) is 21.9 Å². The van der Waals surface area contributed by atoms with Gasteiger partial charge in [0.25, 0.3) is 0 Å². The van der Waals surface area contributed by atoms with Gasteiger partial charge in [0.1, 0.15) is 11.6 Å². The first-order valence-electron chi connectivity index (χ1n) is 7.03. The lowest BCUT2D eigenvalue weighted by atomic mass is 10.2. The summed E-state index contributed by atoms with van der Waals surface area (Å²) in [7, 11) is 0. The van der Waals surface area contributed by atoms with Gasteiger partial charge in [-0.2, -0.15) is 0 Å². The van der Waals surface area contributed by atoms with E-state index in [1.807, 2.05) is 30.3 Å². The fourth-order valence-electron chi connectivity index (χ4n) is 1.99. The molecule has 1 heterocycles. The van der Waals surface area contributed by atoms with Crippen LogP contribution >= 0.6 is 34.7 Å². The van der Waals surface area contributed by atoms with Crippen LogP contribution in [0.3, 0.4) is 0 Å². The second-order valence-corrected chi connectivity index (χ2v) is 7.39. The van der Waals surface area contributed by atoms with Crippen LogP contribution in [0.1, 0.15) is 10.6 Å². The maximum atomic E-state index is 11.8. The Morgan fingerprint density at radius 3 is 2.74 bits per heavy atom.